The van der Waals surface area contributed by atoms with Crippen LogP contribution in [0.2, 0.25) is 0 Å². The fourth-order valence-corrected chi connectivity index (χ4v) is 1.69. The number of carbonyl (C=O) groups excluding carboxylic acids is 2. The van der Waals surface area contributed by atoms with Crippen LogP contribution in [0.25, 0.3) is 0 Å². The summed E-state index contributed by atoms with van der Waals surface area (Å²) in [6.45, 7) is 3.70. The number of nitrogens with one attached hydrogen (secondary N) is 2. The van der Waals surface area contributed by atoms with Crippen molar-refractivity contribution in [1.29, 1.82) is 0 Å². The summed E-state index contributed by atoms with van der Waals surface area (Å²) < 4.78 is 0.877. The Kier molecular flexibility index (Phi) is 5.15. The van der Waals surface area contributed by atoms with E-state index in [-0.39, 0.29) is 24.3 Å². The predicted molar refractivity (Wildman–Crippen MR) is 70.7 cm³/mol. The number of hydrogen-bond donors (Lipinski definition) is 2. The summed E-state index contributed by atoms with van der Waals surface area (Å²) >= 11 is 3.31. The molecule has 0 unspecified atom stereocenters. The molecule has 5 heteroatoms. The van der Waals surface area contributed by atoms with Crippen molar-refractivity contribution < 1.29 is 9.59 Å². The van der Waals surface area contributed by atoms with Gasteiger partial charge in [0.15, 0.2) is 0 Å². The molecular weight excluding hydrogens is 284 g/mol. The average Bonchev–Trinajstić information content (AvgIpc) is 2.14. The third kappa shape index (κ3) is 5.49. The van der Waals surface area contributed by atoms with Gasteiger partial charge in [-0.2, -0.15) is 0 Å². The zero-order valence-corrected chi connectivity index (χ0v) is 11.4. The van der Waals surface area contributed by atoms with Crippen LogP contribution >= 0.6 is 15.9 Å². The van der Waals surface area contributed by atoms with Crippen LogP contribution in [0.3, 0.4) is 0 Å². The van der Waals surface area contributed by atoms with Crippen LogP contribution in [0.1, 0.15) is 20.3 Å². The molecule has 0 aliphatic heterocycles. The lowest BCUT2D eigenvalue weighted by Crippen LogP contribution is -2.33. The molecule has 0 radical (unpaired) electrons. The first-order valence-electron chi connectivity index (χ1n) is 5.32. The van der Waals surface area contributed by atoms with Crippen LogP contribution in [0, 0.1) is 0 Å². The molecule has 1 rings (SSSR count). The van der Waals surface area contributed by atoms with Gasteiger partial charge in [-0.1, -0.05) is 22.0 Å². The van der Waals surface area contributed by atoms with Gasteiger partial charge in [-0.15, -0.1) is 0 Å². The highest BCUT2D eigenvalue weighted by molar-refractivity contribution is 9.10. The summed E-state index contributed by atoms with van der Waals surface area (Å²) in [6, 6.07) is 7.26. The first-order chi connectivity index (χ1) is 7.97. The van der Waals surface area contributed by atoms with Crippen LogP contribution in [-0.2, 0) is 9.59 Å². The van der Waals surface area contributed by atoms with E-state index in [1.807, 2.05) is 26.0 Å². The van der Waals surface area contributed by atoms with E-state index in [1.165, 1.54) is 0 Å². The molecule has 0 aliphatic rings. The van der Waals surface area contributed by atoms with Crippen LogP contribution in [0.15, 0.2) is 28.7 Å². The number of anilines is 1. The Balaban J connectivity index is 2.47. The van der Waals surface area contributed by atoms with Crippen molar-refractivity contribution in [2.75, 3.05) is 5.32 Å². The number of amides is 2. The second-order valence-electron chi connectivity index (χ2n) is 3.96. The minimum atomic E-state index is -0.318. The Hall–Kier alpha value is -1.36. The minimum Gasteiger partial charge on any atom is -0.353 e. The van der Waals surface area contributed by atoms with Crippen molar-refractivity contribution in [1.82, 2.24) is 5.32 Å². The van der Waals surface area contributed by atoms with Gasteiger partial charge in [-0.25, -0.2) is 0 Å². The molecular formula is C12H15BrN2O2. The Morgan fingerprint density at radius 2 is 2.00 bits per heavy atom. The van der Waals surface area contributed by atoms with E-state index in [0.717, 1.165) is 4.47 Å². The molecule has 0 spiro atoms. The maximum absolute atomic E-state index is 11.5. The Bertz CT molecular complexity index is 419. The molecule has 4 nitrogen and oxygen atoms in total. The number of carbonyl (C=O) groups is 2. The molecule has 0 atom stereocenters. The van der Waals surface area contributed by atoms with E-state index in [2.05, 4.69) is 26.6 Å². The van der Waals surface area contributed by atoms with E-state index < -0.39 is 0 Å². The number of rotatable bonds is 4. The van der Waals surface area contributed by atoms with Crippen molar-refractivity contribution in [3.8, 4) is 0 Å². The number of halogens is 1. The van der Waals surface area contributed by atoms with Gasteiger partial charge in [-0.3, -0.25) is 9.59 Å². The van der Waals surface area contributed by atoms with E-state index >= 15 is 0 Å². The molecule has 0 saturated carbocycles. The summed E-state index contributed by atoms with van der Waals surface area (Å²) in [6.07, 6.45) is -0.162. The molecule has 1 aromatic rings. The summed E-state index contributed by atoms with van der Waals surface area (Å²) in [7, 11) is 0. The SMILES string of the molecule is CC(C)NC(=O)CC(=O)Nc1cccc(Br)c1. The maximum atomic E-state index is 11.5. The second-order valence-corrected chi connectivity index (χ2v) is 4.87. The Morgan fingerprint density at radius 3 is 2.59 bits per heavy atom. The van der Waals surface area contributed by atoms with E-state index in [1.54, 1.807) is 12.1 Å². The standard InChI is InChI=1S/C12H15BrN2O2/c1-8(2)14-11(16)7-12(17)15-10-5-3-4-9(13)6-10/h3-6,8H,7H2,1-2H3,(H,14,16)(H,15,17). The minimum absolute atomic E-state index is 0.0427. The maximum Gasteiger partial charge on any atom is 0.233 e. The van der Waals surface area contributed by atoms with Crippen molar-refractivity contribution in [3.63, 3.8) is 0 Å². The van der Waals surface area contributed by atoms with Gasteiger partial charge < -0.3 is 10.6 Å². The molecule has 2 amide bonds. The molecule has 2 N–H and O–H groups in total. The second kappa shape index (κ2) is 6.39. The van der Waals surface area contributed by atoms with Crippen LogP contribution in [-0.4, -0.2) is 17.9 Å². The Labute approximate surface area is 109 Å². The molecule has 0 aliphatic carbocycles. The van der Waals surface area contributed by atoms with Gasteiger partial charge in [0.1, 0.15) is 6.42 Å². The Morgan fingerprint density at radius 1 is 1.29 bits per heavy atom. The quantitative estimate of drug-likeness (QED) is 0.838. The highest BCUT2D eigenvalue weighted by Gasteiger charge is 2.10. The molecule has 0 heterocycles. The first kappa shape index (κ1) is 13.7. The molecule has 17 heavy (non-hydrogen) atoms. The van der Waals surface area contributed by atoms with Gasteiger partial charge in [0, 0.05) is 16.2 Å². The fourth-order valence-electron chi connectivity index (χ4n) is 1.29. The predicted octanol–water partition coefficient (Wildman–Crippen LogP) is 2.30. The van der Waals surface area contributed by atoms with Crippen molar-refractivity contribution in [3.05, 3.63) is 28.7 Å². The number of benzene rings is 1. The summed E-state index contributed by atoms with van der Waals surface area (Å²) in [4.78, 5) is 22.9. The molecule has 0 fully saturated rings. The van der Waals surface area contributed by atoms with E-state index in [0.29, 0.717) is 5.69 Å². The molecule has 0 saturated heterocycles. The van der Waals surface area contributed by atoms with Gasteiger partial charge in [-0.05, 0) is 32.0 Å². The third-order valence-electron chi connectivity index (χ3n) is 1.88. The van der Waals surface area contributed by atoms with Crippen LogP contribution in [0.4, 0.5) is 5.69 Å². The average molecular weight is 299 g/mol. The molecule has 1 aromatic carbocycles. The van der Waals surface area contributed by atoms with Crippen molar-refractivity contribution in [2.24, 2.45) is 0 Å². The van der Waals surface area contributed by atoms with Crippen LogP contribution < -0.4 is 10.6 Å². The van der Waals surface area contributed by atoms with Gasteiger partial charge >= 0.3 is 0 Å². The lowest BCUT2D eigenvalue weighted by Gasteiger charge is -2.08. The molecule has 92 valence electrons. The van der Waals surface area contributed by atoms with E-state index in [4.69, 9.17) is 0 Å². The van der Waals surface area contributed by atoms with Crippen molar-refractivity contribution >= 4 is 33.4 Å². The highest BCUT2D eigenvalue weighted by atomic mass is 79.9. The lowest BCUT2D eigenvalue weighted by atomic mass is 10.3. The number of hydrogen-bond acceptors (Lipinski definition) is 2. The molecule has 0 bridgehead atoms. The summed E-state index contributed by atoms with van der Waals surface area (Å²) in [5.41, 5.74) is 0.668. The smallest absolute Gasteiger partial charge is 0.233 e. The lowest BCUT2D eigenvalue weighted by molar-refractivity contribution is -0.127. The topological polar surface area (TPSA) is 58.2 Å². The van der Waals surface area contributed by atoms with Crippen molar-refractivity contribution in [2.45, 2.75) is 26.3 Å². The van der Waals surface area contributed by atoms with Gasteiger partial charge in [0.05, 0.1) is 0 Å². The zero-order valence-electron chi connectivity index (χ0n) is 9.79. The van der Waals surface area contributed by atoms with E-state index in [9.17, 15) is 9.59 Å². The largest absolute Gasteiger partial charge is 0.353 e. The normalized spacial score (nSPS) is 10.1. The highest BCUT2D eigenvalue weighted by Crippen LogP contribution is 2.15. The zero-order chi connectivity index (χ0) is 12.8. The van der Waals surface area contributed by atoms with Crippen LogP contribution in [0.5, 0.6) is 0 Å². The third-order valence-corrected chi connectivity index (χ3v) is 2.37. The van der Waals surface area contributed by atoms with Gasteiger partial charge in [0.25, 0.3) is 0 Å². The monoisotopic (exact) mass is 298 g/mol. The first-order valence-corrected chi connectivity index (χ1v) is 6.11. The summed E-state index contributed by atoms with van der Waals surface area (Å²) in [5, 5.41) is 5.32. The summed E-state index contributed by atoms with van der Waals surface area (Å²) in [5.74, 6) is -0.589. The van der Waals surface area contributed by atoms with Gasteiger partial charge in [0.2, 0.25) is 11.8 Å². The fraction of sp³-hybridized carbons (Fsp3) is 0.333. The molecule has 0 aromatic heterocycles.